The van der Waals surface area contributed by atoms with Gasteiger partial charge in [0.25, 0.3) is 0 Å². The quantitative estimate of drug-likeness (QED) is 0.803. The molecule has 6 heteroatoms. The number of aromatic nitrogens is 2. The minimum atomic E-state index is 0.0977. The number of pyridine rings is 1. The summed E-state index contributed by atoms with van der Waals surface area (Å²) in [7, 11) is 0. The number of hydrogen-bond donors (Lipinski definition) is 2. The fourth-order valence-corrected chi connectivity index (χ4v) is 2.46. The average molecular weight is 259 g/mol. The third kappa shape index (κ3) is 2.15. The summed E-state index contributed by atoms with van der Waals surface area (Å²) in [6, 6.07) is 5.88. The molecular formula is C13H17N5O. The molecule has 1 saturated heterocycles. The van der Waals surface area contributed by atoms with Crippen LogP contribution in [0.15, 0.2) is 24.4 Å². The van der Waals surface area contributed by atoms with Gasteiger partial charge in [-0.15, -0.1) is 0 Å². The molecule has 1 aliphatic rings. The van der Waals surface area contributed by atoms with Crippen molar-refractivity contribution in [3.63, 3.8) is 0 Å². The second-order valence-corrected chi connectivity index (χ2v) is 4.60. The smallest absolute Gasteiger partial charge is 0.221 e. The van der Waals surface area contributed by atoms with Crippen molar-refractivity contribution in [2.45, 2.75) is 13.0 Å². The van der Waals surface area contributed by atoms with Crippen molar-refractivity contribution in [1.29, 1.82) is 0 Å². The predicted octanol–water partition coefficient (Wildman–Crippen LogP) is 0.119. The van der Waals surface area contributed by atoms with E-state index in [-0.39, 0.29) is 5.91 Å². The molecule has 0 aliphatic carbocycles. The topological polar surface area (TPSA) is 75.7 Å². The molecule has 1 amide bonds. The molecular weight excluding hydrogens is 242 g/mol. The summed E-state index contributed by atoms with van der Waals surface area (Å²) in [5.41, 5.74) is 7.75. The van der Waals surface area contributed by atoms with Crippen LogP contribution in [-0.2, 0) is 11.3 Å². The lowest BCUT2D eigenvalue weighted by Gasteiger charge is -2.20. The van der Waals surface area contributed by atoms with Gasteiger partial charge in [-0.1, -0.05) is 6.07 Å². The molecule has 0 atom stereocenters. The van der Waals surface area contributed by atoms with E-state index in [0.717, 1.165) is 23.7 Å². The molecule has 0 unspecified atom stereocenters. The molecule has 6 nitrogen and oxygen atoms in total. The molecule has 2 aromatic heterocycles. The Morgan fingerprint density at radius 1 is 1.37 bits per heavy atom. The van der Waals surface area contributed by atoms with Crippen LogP contribution in [0.4, 0.5) is 5.82 Å². The number of rotatable bonds is 2. The molecule has 3 rings (SSSR count). The third-order valence-electron chi connectivity index (χ3n) is 3.41. The molecule has 3 heterocycles. The van der Waals surface area contributed by atoms with E-state index in [2.05, 4.69) is 15.2 Å². The monoisotopic (exact) mass is 259 g/mol. The van der Waals surface area contributed by atoms with Gasteiger partial charge >= 0.3 is 0 Å². The first-order valence-electron chi connectivity index (χ1n) is 6.47. The van der Waals surface area contributed by atoms with Crippen LogP contribution in [0.2, 0.25) is 0 Å². The molecule has 1 aliphatic heterocycles. The first-order chi connectivity index (χ1) is 9.29. The summed E-state index contributed by atoms with van der Waals surface area (Å²) in [5, 5.41) is 2.87. The molecule has 0 bridgehead atoms. The summed E-state index contributed by atoms with van der Waals surface area (Å²) < 4.78 is 2.01. The Balaban J connectivity index is 2.01. The number of nitrogens with one attached hydrogen (secondary N) is 1. The summed E-state index contributed by atoms with van der Waals surface area (Å²) in [4.78, 5) is 18.2. The standard InChI is InChI=1S/C13H17N5O/c14-9-10-13(16-11-3-1-2-6-18(10)11)17-7-4-12(19)15-5-8-17/h1-3,6H,4-5,7-9,14H2,(H,15,19). The van der Waals surface area contributed by atoms with Gasteiger partial charge in [-0.25, -0.2) is 4.98 Å². The van der Waals surface area contributed by atoms with E-state index in [1.165, 1.54) is 0 Å². The Morgan fingerprint density at radius 2 is 2.26 bits per heavy atom. The van der Waals surface area contributed by atoms with Crippen LogP contribution >= 0.6 is 0 Å². The lowest BCUT2D eigenvalue weighted by molar-refractivity contribution is -0.120. The van der Waals surface area contributed by atoms with E-state index in [9.17, 15) is 4.79 Å². The van der Waals surface area contributed by atoms with E-state index >= 15 is 0 Å². The van der Waals surface area contributed by atoms with E-state index in [4.69, 9.17) is 5.73 Å². The zero-order valence-electron chi connectivity index (χ0n) is 10.7. The Labute approximate surface area is 111 Å². The number of nitrogens with zero attached hydrogens (tertiary/aromatic N) is 3. The van der Waals surface area contributed by atoms with Gasteiger partial charge in [-0.3, -0.25) is 4.79 Å². The SMILES string of the molecule is NCc1c(N2CCNC(=O)CC2)nc2ccccn12. The number of imidazole rings is 1. The van der Waals surface area contributed by atoms with Crippen LogP contribution in [0.3, 0.4) is 0 Å². The third-order valence-corrected chi connectivity index (χ3v) is 3.41. The highest BCUT2D eigenvalue weighted by atomic mass is 16.1. The molecule has 100 valence electrons. The van der Waals surface area contributed by atoms with Crippen molar-refractivity contribution in [2.24, 2.45) is 5.73 Å². The summed E-state index contributed by atoms with van der Waals surface area (Å²) in [5.74, 6) is 0.991. The minimum absolute atomic E-state index is 0.0977. The molecule has 0 aromatic carbocycles. The highest BCUT2D eigenvalue weighted by molar-refractivity contribution is 5.77. The van der Waals surface area contributed by atoms with Crippen molar-refractivity contribution in [3.05, 3.63) is 30.1 Å². The maximum absolute atomic E-state index is 11.4. The van der Waals surface area contributed by atoms with Crippen molar-refractivity contribution >= 4 is 17.4 Å². The molecule has 2 aromatic rings. The van der Waals surface area contributed by atoms with Crippen LogP contribution < -0.4 is 16.0 Å². The summed E-state index contributed by atoms with van der Waals surface area (Å²) >= 11 is 0. The Kier molecular flexibility index (Phi) is 3.08. The van der Waals surface area contributed by atoms with Gasteiger partial charge in [0.1, 0.15) is 5.65 Å². The van der Waals surface area contributed by atoms with Crippen LogP contribution in [0.5, 0.6) is 0 Å². The van der Waals surface area contributed by atoms with Crippen LogP contribution in [-0.4, -0.2) is 34.9 Å². The van der Waals surface area contributed by atoms with Gasteiger partial charge in [0.05, 0.1) is 5.69 Å². The number of fused-ring (bicyclic) bond motifs is 1. The maximum Gasteiger partial charge on any atom is 0.221 e. The molecule has 0 saturated carbocycles. The Bertz CT molecular complexity index is 606. The second-order valence-electron chi connectivity index (χ2n) is 4.60. The number of carbonyl (C=O) groups excluding carboxylic acids is 1. The average Bonchev–Trinajstić information content (AvgIpc) is 2.67. The zero-order valence-corrected chi connectivity index (χ0v) is 10.7. The lowest BCUT2D eigenvalue weighted by atomic mass is 10.3. The first-order valence-corrected chi connectivity index (χ1v) is 6.47. The normalized spacial score (nSPS) is 16.5. The largest absolute Gasteiger partial charge is 0.354 e. The van der Waals surface area contributed by atoms with E-state index in [1.54, 1.807) is 0 Å². The predicted molar refractivity (Wildman–Crippen MR) is 72.9 cm³/mol. The molecule has 19 heavy (non-hydrogen) atoms. The molecule has 1 fully saturated rings. The number of anilines is 1. The van der Waals surface area contributed by atoms with Gasteiger partial charge in [0, 0.05) is 38.8 Å². The second kappa shape index (κ2) is 4.89. The highest BCUT2D eigenvalue weighted by Gasteiger charge is 2.20. The number of nitrogens with two attached hydrogens (primary N) is 1. The van der Waals surface area contributed by atoms with E-state index in [1.807, 2.05) is 28.8 Å². The van der Waals surface area contributed by atoms with E-state index < -0.39 is 0 Å². The summed E-state index contributed by atoms with van der Waals surface area (Å²) in [6.45, 7) is 2.53. The van der Waals surface area contributed by atoms with Crippen LogP contribution in [0.1, 0.15) is 12.1 Å². The van der Waals surface area contributed by atoms with Crippen molar-refractivity contribution < 1.29 is 4.79 Å². The van der Waals surface area contributed by atoms with Crippen LogP contribution in [0.25, 0.3) is 5.65 Å². The highest BCUT2D eigenvalue weighted by Crippen LogP contribution is 2.22. The first kappa shape index (κ1) is 12.0. The van der Waals surface area contributed by atoms with E-state index in [0.29, 0.717) is 26.1 Å². The fourth-order valence-electron chi connectivity index (χ4n) is 2.46. The van der Waals surface area contributed by atoms with Gasteiger partial charge in [0.15, 0.2) is 5.82 Å². The zero-order chi connectivity index (χ0) is 13.2. The van der Waals surface area contributed by atoms with Gasteiger partial charge in [0.2, 0.25) is 5.91 Å². The number of carbonyl (C=O) groups is 1. The van der Waals surface area contributed by atoms with Gasteiger partial charge < -0.3 is 20.4 Å². The number of amides is 1. The van der Waals surface area contributed by atoms with Gasteiger partial charge in [-0.2, -0.15) is 0 Å². The van der Waals surface area contributed by atoms with Crippen molar-refractivity contribution in [3.8, 4) is 0 Å². The van der Waals surface area contributed by atoms with Crippen LogP contribution in [0, 0.1) is 0 Å². The maximum atomic E-state index is 11.4. The molecule has 0 radical (unpaired) electrons. The molecule has 3 N–H and O–H groups in total. The Morgan fingerprint density at radius 3 is 3.11 bits per heavy atom. The number of hydrogen-bond acceptors (Lipinski definition) is 4. The fraction of sp³-hybridized carbons (Fsp3) is 0.385. The van der Waals surface area contributed by atoms with Gasteiger partial charge in [-0.05, 0) is 12.1 Å². The Hall–Kier alpha value is -2.08. The van der Waals surface area contributed by atoms with Crippen molar-refractivity contribution in [2.75, 3.05) is 24.5 Å². The lowest BCUT2D eigenvalue weighted by Crippen LogP contribution is -2.29. The minimum Gasteiger partial charge on any atom is -0.354 e. The summed E-state index contributed by atoms with van der Waals surface area (Å²) in [6.07, 6.45) is 2.47. The molecule has 0 spiro atoms. The van der Waals surface area contributed by atoms with Crippen molar-refractivity contribution in [1.82, 2.24) is 14.7 Å².